The third-order valence-corrected chi connectivity index (χ3v) is 3.84. The van der Waals surface area contributed by atoms with Crippen molar-refractivity contribution < 1.29 is 9.90 Å². The largest absolute Gasteiger partial charge is 0.550 e. The summed E-state index contributed by atoms with van der Waals surface area (Å²) in [5.74, 6) is -0.708. The summed E-state index contributed by atoms with van der Waals surface area (Å²) in [6.07, 6.45) is -0.150. The smallest absolute Gasteiger partial charge is 0.187 e. The molecule has 0 spiro atoms. The quantitative estimate of drug-likeness (QED) is 0.919. The highest BCUT2D eigenvalue weighted by molar-refractivity contribution is 7.13. The van der Waals surface area contributed by atoms with Gasteiger partial charge < -0.3 is 15.2 Å². The van der Waals surface area contributed by atoms with Crippen LogP contribution in [0, 0.1) is 6.92 Å². The lowest BCUT2D eigenvalue weighted by atomic mass is 9.98. The number of rotatable bonds is 5. The number of carbonyl (C=O) groups excluding carboxylic acids is 1. The molecule has 0 aliphatic heterocycles. The SMILES string of the molecule is Cc1cccc(C(C)C)c1Nc1nc(CC(=O)[O-])cs1. The number of aromatic nitrogens is 1. The van der Waals surface area contributed by atoms with Crippen molar-refractivity contribution in [3.05, 3.63) is 40.4 Å². The maximum atomic E-state index is 10.6. The topological polar surface area (TPSA) is 65.0 Å². The Labute approximate surface area is 122 Å². The third kappa shape index (κ3) is 3.36. The molecule has 0 unspecified atom stereocenters. The Kier molecular flexibility index (Phi) is 4.39. The Morgan fingerprint density at radius 1 is 1.45 bits per heavy atom. The second kappa shape index (κ2) is 6.05. The van der Waals surface area contributed by atoms with Crippen molar-refractivity contribution in [1.29, 1.82) is 0 Å². The minimum absolute atomic E-state index is 0.150. The van der Waals surface area contributed by atoms with Crippen molar-refractivity contribution in [3.8, 4) is 0 Å². The van der Waals surface area contributed by atoms with E-state index in [0.29, 0.717) is 16.7 Å². The molecule has 106 valence electrons. The zero-order valence-corrected chi connectivity index (χ0v) is 12.6. The van der Waals surface area contributed by atoms with Crippen LogP contribution in [0.15, 0.2) is 23.6 Å². The molecular weight excluding hydrogens is 272 g/mol. The molecule has 2 rings (SSSR count). The summed E-state index contributed by atoms with van der Waals surface area (Å²) in [6, 6.07) is 6.18. The van der Waals surface area contributed by atoms with Gasteiger partial charge in [-0.05, 0) is 24.0 Å². The van der Waals surface area contributed by atoms with Crippen LogP contribution in [-0.2, 0) is 11.2 Å². The Bertz CT molecular complexity index is 620. The van der Waals surface area contributed by atoms with E-state index in [1.165, 1.54) is 16.9 Å². The predicted molar refractivity (Wildman–Crippen MR) is 79.4 cm³/mol. The Balaban J connectivity index is 2.26. The van der Waals surface area contributed by atoms with Gasteiger partial charge in [0.25, 0.3) is 0 Å². The number of nitrogens with zero attached hydrogens (tertiary/aromatic N) is 1. The third-order valence-electron chi connectivity index (χ3n) is 3.04. The predicted octanol–water partition coefficient (Wildman–Crippen LogP) is 2.61. The first kappa shape index (κ1) is 14.5. The highest BCUT2D eigenvalue weighted by atomic mass is 32.1. The molecule has 1 N–H and O–H groups in total. The molecule has 0 saturated carbocycles. The summed E-state index contributed by atoms with van der Waals surface area (Å²) in [6.45, 7) is 6.33. The first-order chi connectivity index (χ1) is 9.47. The standard InChI is InChI=1S/C15H18N2O2S/c1-9(2)12-6-4-5-10(3)14(12)17-15-16-11(8-20-15)7-13(18)19/h4-6,8-9H,7H2,1-3H3,(H,16,17)(H,18,19)/p-1. The van der Waals surface area contributed by atoms with Crippen LogP contribution >= 0.6 is 11.3 Å². The number of carbonyl (C=O) groups is 1. The highest BCUT2D eigenvalue weighted by Gasteiger charge is 2.11. The van der Waals surface area contributed by atoms with Gasteiger partial charge >= 0.3 is 0 Å². The number of nitrogens with one attached hydrogen (secondary N) is 1. The lowest BCUT2D eigenvalue weighted by Crippen LogP contribution is -2.24. The van der Waals surface area contributed by atoms with Crippen molar-refractivity contribution in [1.82, 2.24) is 4.98 Å². The maximum absolute atomic E-state index is 10.6. The minimum Gasteiger partial charge on any atom is -0.550 e. The van der Waals surface area contributed by atoms with Gasteiger partial charge in [0.2, 0.25) is 0 Å². The van der Waals surface area contributed by atoms with Gasteiger partial charge in [-0.15, -0.1) is 11.3 Å². The van der Waals surface area contributed by atoms with E-state index in [1.807, 2.05) is 19.1 Å². The van der Waals surface area contributed by atoms with Gasteiger partial charge in [0.1, 0.15) is 0 Å². The molecule has 0 bridgehead atoms. The Morgan fingerprint density at radius 3 is 2.85 bits per heavy atom. The van der Waals surface area contributed by atoms with Crippen molar-refractivity contribution in [2.45, 2.75) is 33.1 Å². The zero-order chi connectivity index (χ0) is 14.7. The lowest BCUT2D eigenvalue weighted by Gasteiger charge is -2.15. The molecule has 0 radical (unpaired) electrons. The highest BCUT2D eigenvalue weighted by Crippen LogP contribution is 2.31. The fourth-order valence-corrected chi connectivity index (χ4v) is 2.76. The van der Waals surface area contributed by atoms with E-state index in [2.05, 4.69) is 30.2 Å². The van der Waals surface area contributed by atoms with Crippen LogP contribution in [0.1, 0.15) is 36.6 Å². The summed E-state index contributed by atoms with van der Waals surface area (Å²) in [5.41, 5.74) is 3.95. The molecule has 0 saturated heterocycles. The van der Waals surface area contributed by atoms with E-state index >= 15 is 0 Å². The number of aliphatic carboxylic acids is 1. The molecule has 0 amide bonds. The fraction of sp³-hybridized carbons (Fsp3) is 0.333. The summed E-state index contributed by atoms with van der Waals surface area (Å²) in [5, 5.41) is 16.3. The van der Waals surface area contributed by atoms with Gasteiger partial charge in [-0.1, -0.05) is 32.0 Å². The number of thiazole rings is 1. The van der Waals surface area contributed by atoms with Crippen LogP contribution in [0.3, 0.4) is 0 Å². The second-order valence-corrected chi connectivity index (χ2v) is 5.87. The number of hydrogen-bond donors (Lipinski definition) is 1. The summed E-state index contributed by atoms with van der Waals surface area (Å²) in [4.78, 5) is 14.8. The van der Waals surface area contributed by atoms with Crippen molar-refractivity contribution >= 4 is 28.1 Å². The van der Waals surface area contributed by atoms with Gasteiger partial charge in [-0.25, -0.2) is 4.98 Å². The average Bonchev–Trinajstić information content (AvgIpc) is 2.78. The van der Waals surface area contributed by atoms with Gasteiger partial charge in [0.15, 0.2) is 5.13 Å². The van der Waals surface area contributed by atoms with Crippen LogP contribution < -0.4 is 10.4 Å². The number of anilines is 2. The summed E-state index contributed by atoms with van der Waals surface area (Å²) < 4.78 is 0. The molecule has 1 aromatic carbocycles. The number of benzene rings is 1. The van der Waals surface area contributed by atoms with Crippen LogP contribution in [-0.4, -0.2) is 11.0 Å². The van der Waals surface area contributed by atoms with Crippen molar-refractivity contribution in [2.24, 2.45) is 0 Å². The first-order valence-corrected chi connectivity index (χ1v) is 7.36. The van der Waals surface area contributed by atoms with Crippen molar-refractivity contribution in [2.75, 3.05) is 5.32 Å². The summed E-state index contributed by atoms with van der Waals surface area (Å²) in [7, 11) is 0. The van der Waals surface area contributed by atoms with E-state index in [4.69, 9.17) is 0 Å². The van der Waals surface area contributed by atoms with E-state index in [-0.39, 0.29) is 6.42 Å². The van der Waals surface area contributed by atoms with Crippen LogP contribution in [0.4, 0.5) is 10.8 Å². The molecule has 1 aromatic heterocycles. The minimum atomic E-state index is -1.11. The molecule has 1 heterocycles. The van der Waals surface area contributed by atoms with E-state index in [0.717, 1.165) is 11.3 Å². The number of hydrogen-bond acceptors (Lipinski definition) is 5. The van der Waals surface area contributed by atoms with Gasteiger partial charge in [0.05, 0.1) is 5.69 Å². The molecule has 0 aliphatic carbocycles. The number of carboxylic acid groups (broad SMARTS) is 1. The number of carboxylic acids is 1. The lowest BCUT2D eigenvalue weighted by molar-refractivity contribution is -0.304. The average molecular weight is 289 g/mol. The van der Waals surface area contributed by atoms with Gasteiger partial charge in [-0.2, -0.15) is 0 Å². The molecule has 0 atom stereocenters. The second-order valence-electron chi connectivity index (χ2n) is 5.01. The molecule has 0 fully saturated rings. The molecule has 20 heavy (non-hydrogen) atoms. The van der Waals surface area contributed by atoms with Crippen molar-refractivity contribution in [3.63, 3.8) is 0 Å². The van der Waals surface area contributed by atoms with Crippen LogP contribution in [0.25, 0.3) is 0 Å². The number of para-hydroxylation sites is 1. The van der Waals surface area contributed by atoms with Crippen LogP contribution in [0.5, 0.6) is 0 Å². The molecular formula is C15H17N2O2S-. The zero-order valence-electron chi connectivity index (χ0n) is 11.8. The Morgan fingerprint density at radius 2 is 2.20 bits per heavy atom. The van der Waals surface area contributed by atoms with E-state index in [9.17, 15) is 9.90 Å². The molecule has 5 heteroatoms. The number of aryl methyl sites for hydroxylation is 1. The monoisotopic (exact) mass is 289 g/mol. The normalized spacial score (nSPS) is 10.8. The van der Waals surface area contributed by atoms with E-state index < -0.39 is 5.97 Å². The molecule has 4 nitrogen and oxygen atoms in total. The van der Waals surface area contributed by atoms with Gasteiger partial charge in [0, 0.05) is 23.5 Å². The summed E-state index contributed by atoms with van der Waals surface area (Å²) >= 11 is 1.40. The van der Waals surface area contributed by atoms with Crippen LogP contribution in [0.2, 0.25) is 0 Å². The fourth-order valence-electron chi connectivity index (χ4n) is 2.04. The Hall–Kier alpha value is -1.88. The van der Waals surface area contributed by atoms with E-state index in [1.54, 1.807) is 5.38 Å². The first-order valence-electron chi connectivity index (χ1n) is 6.48. The van der Waals surface area contributed by atoms with Gasteiger partial charge in [-0.3, -0.25) is 0 Å². The molecule has 0 aliphatic rings. The molecule has 2 aromatic rings. The maximum Gasteiger partial charge on any atom is 0.187 e.